The normalized spacial score (nSPS) is 24.0. The lowest BCUT2D eigenvalue weighted by atomic mass is 9.85. The van der Waals surface area contributed by atoms with Crippen LogP contribution < -0.4 is 15.4 Å². The Hall–Kier alpha value is -2.22. The summed E-state index contributed by atoms with van der Waals surface area (Å²) >= 11 is 0. The maximum absolute atomic E-state index is 12.9. The van der Waals surface area contributed by atoms with Crippen LogP contribution in [0.5, 0.6) is 0 Å². The number of sulfonamides is 1. The van der Waals surface area contributed by atoms with Gasteiger partial charge < -0.3 is 10.6 Å². The number of aryl methyl sites for hydroxylation is 2. The monoisotopic (exact) mass is 427 g/mol. The van der Waals surface area contributed by atoms with E-state index in [2.05, 4.69) is 15.4 Å². The molecule has 6 nitrogen and oxygen atoms in total. The molecule has 0 aliphatic carbocycles. The summed E-state index contributed by atoms with van der Waals surface area (Å²) in [6.45, 7) is 5.64. The zero-order valence-electron chi connectivity index (χ0n) is 17.6. The molecule has 0 radical (unpaired) electrons. The second kappa shape index (κ2) is 8.13. The van der Waals surface area contributed by atoms with Crippen LogP contribution >= 0.6 is 0 Å². The van der Waals surface area contributed by atoms with Gasteiger partial charge >= 0.3 is 0 Å². The van der Waals surface area contributed by atoms with Crippen molar-refractivity contribution in [1.29, 1.82) is 0 Å². The highest BCUT2D eigenvalue weighted by molar-refractivity contribution is 7.89. The molecule has 2 heterocycles. The Morgan fingerprint density at radius 1 is 1.10 bits per heavy atom. The number of carbonyl (C=O) groups is 1. The summed E-state index contributed by atoms with van der Waals surface area (Å²) in [5.41, 5.74) is 2.80. The Balaban J connectivity index is 1.46. The van der Waals surface area contributed by atoms with Gasteiger partial charge in [-0.1, -0.05) is 18.2 Å². The summed E-state index contributed by atoms with van der Waals surface area (Å²) in [5.74, 6) is 0.120. The van der Waals surface area contributed by atoms with E-state index in [0.717, 1.165) is 18.4 Å². The molecule has 2 fully saturated rings. The molecule has 3 N–H and O–H groups in total. The number of hydrogen-bond donors (Lipinski definition) is 3. The Labute approximate surface area is 178 Å². The molecule has 0 aromatic heterocycles. The molecule has 160 valence electrons. The maximum atomic E-state index is 12.9. The van der Waals surface area contributed by atoms with Crippen LogP contribution in [0.1, 0.15) is 47.7 Å². The predicted molar refractivity (Wildman–Crippen MR) is 118 cm³/mol. The van der Waals surface area contributed by atoms with Gasteiger partial charge in [0, 0.05) is 29.4 Å². The van der Waals surface area contributed by atoms with Crippen molar-refractivity contribution < 1.29 is 13.2 Å². The average Bonchev–Trinajstić information content (AvgIpc) is 3.33. The molecule has 2 aliphatic heterocycles. The summed E-state index contributed by atoms with van der Waals surface area (Å²) in [7, 11) is -3.63. The summed E-state index contributed by atoms with van der Waals surface area (Å²) in [4.78, 5) is 12.8. The number of amides is 1. The molecule has 0 saturated carbocycles. The summed E-state index contributed by atoms with van der Waals surface area (Å²) in [6, 6.07) is 13.0. The third kappa shape index (κ3) is 4.15. The van der Waals surface area contributed by atoms with Crippen LogP contribution in [0, 0.1) is 19.8 Å². The zero-order valence-corrected chi connectivity index (χ0v) is 18.4. The predicted octanol–water partition coefficient (Wildman–Crippen LogP) is 3.36. The Kier molecular flexibility index (Phi) is 5.70. The SMILES string of the molecule is Cc1cc(S(=O)(=O)N[C@H](C)C2CC3CC[C@H]2N3)ccc1NC(=O)c1ccccc1C. The molecule has 2 aromatic carbocycles. The third-order valence-electron chi connectivity index (χ3n) is 6.48. The van der Waals surface area contributed by atoms with Crippen LogP contribution in [0.25, 0.3) is 0 Å². The standard InChI is InChI=1S/C23H29N3O3S/c1-14-6-4-5-7-19(14)23(27)25-21-11-9-18(12-15(21)2)30(28,29)26-16(3)20-13-17-8-10-22(20)24-17/h4-7,9,11-12,16-17,20,22,24,26H,8,10,13H2,1-3H3,(H,25,27)/t16-,17?,20?,22-/m1/s1. The van der Waals surface area contributed by atoms with E-state index in [1.165, 1.54) is 6.42 Å². The van der Waals surface area contributed by atoms with Gasteiger partial charge in [-0.25, -0.2) is 13.1 Å². The van der Waals surface area contributed by atoms with Crippen LogP contribution in [0.15, 0.2) is 47.4 Å². The quantitative estimate of drug-likeness (QED) is 0.660. The van der Waals surface area contributed by atoms with E-state index in [4.69, 9.17) is 0 Å². The molecule has 1 amide bonds. The van der Waals surface area contributed by atoms with Crippen molar-refractivity contribution in [2.24, 2.45) is 5.92 Å². The summed E-state index contributed by atoms with van der Waals surface area (Å²) in [5, 5.41) is 6.45. The Morgan fingerprint density at radius 2 is 1.87 bits per heavy atom. The minimum absolute atomic E-state index is 0.126. The van der Waals surface area contributed by atoms with Gasteiger partial charge in [0.2, 0.25) is 10.0 Å². The molecule has 2 aliphatic rings. The minimum atomic E-state index is -3.63. The lowest BCUT2D eigenvalue weighted by molar-refractivity contribution is 0.102. The molecule has 2 bridgehead atoms. The number of carbonyl (C=O) groups excluding carboxylic acids is 1. The van der Waals surface area contributed by atoms with Crippen LogP contribution in [0.2, 0.25) is 0 Å². The highest BCUT2D eigenvalue weighted by Crippen LogP contribution is 2.35. The van der Waals surface area contributed by atoms with Crippen molar-refractivity contribution in [2.45, 2.75) is 63.1 Å². The second-order valence-corrected chi connectivity index (χ2v) is 10.3. The molecular formula is C23H29N3O3S. The highest BCUT2D eigenvalue weighted by Gasteiger charge is 2.42. The van der Waals surface area contributed by atoms with Gasteiger partial charge in [-0.15, -0.1) is 0 Å². The van der Waals surface area contributed by atoms with Gasteiger partial charge in [-0.05, 0) is 81.3 Å². The number of nitrogens with one attached hydrogen (secondary N) is 3. The first-order valence-electron chi connectivity index (χ1n) is 10.5. The van der Waals surface area contributed by atoms with Gasteiger partial charge in [-0.2, -0.15) is 0 Å². The van der Waals surface area contributed by atoms with Crippen molar-refractivity contribution in [3.8, 4) is 0 Å². The third-order valence-corrected chi connectivity index (χ3v) is 8.04. The average molecular weight is 428 g/mol. The van der Waals surface area contributed by atoms with E-state index >= 15 is 0 Å². The van der Waals surface area contributed by atoms with Gasteiger partial charge in [-0.3, -0.25) is 4.79 Å². The van der Waals surface area contributed by atoms with Gasteiger partial charge in [0.15, 0.2) is 0 Å². The summed E-state index contributed by atoms with van der Waals surface area (Å²) < 4.78 is 28.7. The molecular weight excluding hydrogens is 398 g/mol. The van der Waals surface area contributed by atoms with E-state index in [-0.39, 0.29) is 16.8 Å². The van der Waals surface area contributed by atoms with Crippen molar-refractivity contribution in [3.05, 3.63) is 59.2 Å². The molecule has 0 spiro atoms. The Bertz CT molecular complexity index is 1070. The van der Waals surface area contributed by atoms with E-state index in [1.54, 1.807) is 31.2 Å². The zero-order chi connectivity index (χ0) is 21.5. The lowest BCUT2D eigenvalue weighted by Crippen LogP contribution is -2.42. The highest BCUT2D eigenvalue weighted by atomic mass is 32.2. The fraction of sp³-hybridized carbons (Fsp3) is 0.435. The van der Waals surface area contributed by atoms with E-state index < -0.39 is 10.0 Å². The van der Waals surface area contributed by atoms with Gasteiger partial charge in [0.1, 0.15) is 0 Å². The van der Waals surface area contributed by atoms with Crippen molar-refractivity contribution in [1.82, 2.24) is 10.0 Å². The summed E-state index contributed by atoms with van der Waals surface area (Å²) in [6.07, 6.45) is 3.34. The fourth-order valence-corrected chi connectivity index (χ4v) is 6.16. The molecule has 30 heavy (non-hydrogen) atoms. The first kappa shape index (κ1) is 21.0. The molecule has 4 rings (SSSR count). The minimum Gasteiger partial charge on any atom is -0.322 e. The molecule has 4 atom stereocenters. The largest absolute Gasteiger partial charge is 0.322 e. The number of rotatable bonds is 6. The molecule has 2 unspecified atom stereocenters. The number of fused-ring (bicyclic) bond motifs is 2. The first-order chi connectivity index (χ1) is 14.2. The van der Waals surface area contributed by atoms with Gasteiger partial charge in [0.05, 0.1) is 4.90 Å². The lowest BCUT2D eigenvalue weighted by Gasteiger charge is -2.27. The molecule has 7 heteroatoms. The van der Waals surface area contributed by atoms with E-state index in [1.807, 2.05) is 32.0 Å². The molecule has 2 aromatic rings. The van der Waals surface area contributed by atoms with E-state index in [0.29, 0.717) is 34.8 Å². The molecule has 2 saturated heterocycles. The van der Waals surface area contributed by atoms with E-state index in [9.17, 15) is 13.2 Å². The van der Waals surface area contributed by atoms with Crippen molar-refractivity contribution >= 4 is 21.6 Å². The number of anilines is 1. The topological polar surface area (TPSA) is 87.3 Å². The Morgan fingerprint density at radius 3 is 2.50 bits per heavy atom. The van der Waals surface area contributed by atoms with Crippen LogP contribution in [-0.2, 0) is 10.0 Å². The van der Waals surface area contributed by atoms with Gasteiger partial charge in [0.25, 0.3) is 5.91 Å². The second-order valence-electron chi connectivity index (χ2n) is 8.60. The van der Waals surface area contributed by atoms with Crippen molar-refractivity contribution in [2.75, 3.05) is 5.32 Å². The fourth-order valence-electron chi connectivity index (χ4n) is 4.78. The van der Waals surface area contributed by atoms with Crippen molar-refractivity contribution in [3.63, 3.8) is 0 Å². The smallest absolute Gasteiger partial charge is 0.255 e. The van der Waals surface area contributed by atoms with Crippen LogP contribution in [-0.4, -0.2) is 32.5 Å². The number of benzene rings is 2. The van der Waals surface area contributed by atoms with Crippen LogP contribution in [0.4, 0.5) is 5.69 Å². The first-order valence-corrected chi connectivity index (χ1v) is 12.0. The van der Waals surface area contributed by atoms with Crippen LogP contribution in [0.3, 0.4) is 0 Å². The number of hydrogen-bond acceptors (Lipinski definition) is 4. The maximum Gasteiger partial charge on any atom is 0.255 e.